The molecule has 1 aromatic carbocycles. The maximum absolute atomic E-state index is 12.2. The molecule has 0 aliphatic carbocycles. The van der Waals surface area contributed by atoms with Gasteiger partial charge >= 0.3 is 12.1 Å². The van der Waals surface area contributed by atoms with Gasteiger partial charge in [0, 0.05) is 50.5 Å². The molecule has 0 radical (unpaired) electrons. The molecule has 0 spiro atoms. The zero-order valence-electron chi connectivity index (χ0n) is 24.6. The van der Waals surface area contributed by atoms with E-state index >= 15 is 0 Å². The number of carbonyl (C=O) groups is 2. The van der Waals surface area contributed by atoms with Gasteiger partial charge in [0.05, 0.1) is 11.9 Å². The first-order chi connectivity index (χ1) is 19.5. The van der Waals surface area contributed by atoms with E-state index in [1.165, 1.54) is 0 Å². The number of nitrogens with zero attached hydrogens (tertiary/aromatic N) is 4. The van der Waals surface area contributed by atoms with Gasteiger partial charge in [-0.15, -0.1) is 0 Å². The average Bonchev–Trinajstić information content (AvgIpc) is 3.58. The SMILES string of the molecule is CN(CCCN(C)C(=O)OC(C)(C)C)Cc1c[nH]c2[nH+]cnc(Nc3ccc(N4CCCC4)c(OCC(=O)O)c3)c12. The Morgan fingerprint density at radius 1 is 1.20 bits per heavy atom. The largest absolute Gasteiger partial charge is 0.480 e. The summed E-state index contributed by atoms with van der Waals surface area (Å²) in [5.74, 6) is 0.185. The van der Waals surface area contributed by atoms with E-state index in [2.05, 4.69) is 30.1 Å². The van der Waals surface area contributed by atoms with Crippen molar-refractivity contribution < 1.29 is 29.2 Å². The highest BCUT2D eigenvalue weighted by Crippen LogP contribution is 2.35. The van der Waals surface area contributed by atoms with Crippen LogP contribution >= 0.6 is 0 Å². The lowest BCUT2D eigenvalue weighted by molar-refractivity contribution is -0.352. The maximum atomic E-state index is 12.2. The lowest BCUT2D eigenvalue weighted by atomic mass is 10.2. The number of hydrogen-bond donors (Lipinski definition) is 3. The molecule has 4 N–H and O–H groups in total. The van der Waals surface area contributed by atoms with Gasteiger partial charge in [-0.05, 0) is 65.8 Å². The molecule has 0 bridgehead atoms. The highest BCUT2D eigenvalue weighted by Gasteiger charge is 2.22. The van der Waals surface area contributed by atoms with Crippen LogP contribution in [0.1, 0.15) is 45.6 Å². The smallest absolute Gasteiger partial charge is 0.410 e. The monoisotopic (exact) mass is 568 g/mol. The molecule has 4 rings (SSSR count). The first-order valence-corrected chi connectivity index (χ1v) is 14.0. The molecule has 222 valence electrons. The number of H-pyrrole nitrogens is 2. The number of anilines is 3. The van der Waals surface area contributed by atoms with Gasteiger partial charge in [0.15, 0.2) is 6.61 Å². The molecule has 3 heterocycles. The van der Waals surface area contributed by atoms with Crippen molar-refractivity contribution in [2.75, 3.05) is 57.1 Å². The van der Waals surface area contributed by atoms with Crippen LogP contribution in [0.4, 0.5) is 22.0 Å². The maximum Gasteiger partial charge on any atom is 0.410 e. The third-order valence-electron chi connectivity index (χ3n) is 6.80. The number of fused-ring (bicyclic) bond motifs is 1. The quantitative estimate of drug-likeness (QED) is 0.297. The molecule has 41 heavy (non-hydrogen) atoms. The van der Waals surface area contributed by atoms with E-state index in [4.69, 9.17) is 9.47 Å². The fourth-order valence-corrected chi connectivity index (χ4v) is 4.88. The summed E-state index contributed by atoms with van der Waals surface area (Å²) in [4.78, 5) is 40.5. The highest BCUT2D eigenvalue weighted by atomic mass is 16.6. The number of aromatic amines is 2. The number of rotatable bonds is 12. The van der Waals surface area contributed by atoms with E-state index in [0.29, 0.717) is 24.7 Å². The molecule has 3 aromatic rings. The molecule has 12 heteroatoms. The van der Waals surface area contributed by atoms with E-state index in [0.717, 1.165) is 66.9 Å². The number of nitrogens with one attached hydrogen (secondary N) is 3. The summed E-state index contributed by atoms with van der Waals surface area (Å²) in [6.07, 6.45) is 6.28. The Morgan fingerprint density at radius 2 is 1.95 bits per heavy atom. The summed E-state index contributed by atoms with van der Waals surface area (Å²) in [5, 5.41) is 13.5. The van der Waals surface area contributed by atoms with Crippen molar-refractivity contribution in [1.82, 2.24) is 19.8 Å². The van der Waals surface area contributed by atoms with Crippen molar-refractivity contribution in [3.63, 3.8) is 0 Å². The third-order valence-corrected chi connectivity index (χ3v) is 6.80. The number of amides is 1. The molecular weight excluding hydrogens is 526 g/mol. The van der Waals surface area contributed by atoms with Crippen LogP contribution in [0.15, 0.2) is 30.7 Å². The summed E-state index contributed by atoms with van der Waals surface area (Å²) in [6.45, 7) is 9.07. The minimum atomic E-state index is -1.02. The van der Waals surface area contributed by atoms with E-state index in [1.54, 1.807) is 18.3 Å². The van der Waals surface area contributed by atoms with Crippen molar-refractivity contribution >= 4 is 40.3 Å². The Balaban J connectivity index is 1.44. The van der Waals surface area contributed by atoms with Gasteiger partial charge < -0.3 is 34.6 Å². The zero-order chi connectivity index (χ0) is 29.6. The molecule has 0 saturated carbocycles. The van der Waals surface area contributed by atoms with Crippen molar-refractivity contribution in [3.8, 4) is 5.75 Å². The fourth-order valence-electron chi connectivity index (χ4n) is 4.88. The number of carbonyl (C=O) groups excluding carboxylic acids is 1. The number of benzene rings is 1. The summed E-state index contributed by atoms with van der Waals surface area (Å²) in [7, 11) is 3.80. The molecule has 1 aliphatic rings. The van der Waals surface area contributed by atoms with Crippen LogP contribution < -0.4 is 19.9 Å². The van der Waals surface area contributed by atoms with Crippen molar-refractivity contribution in [2.45, 2.75) is 52.2 Å². The van der Waals surface area contributed by atoms with E-state index in [9.17, 15) is 14.7 Å². The molecule has 0 atom stereocenters. The van der Waals surface area contributed by atoms with Crippen LogP contribution in [0.3, 0.4) is 0 Å². The molecule has 1 saturated heterocycles. The number of carboxylic acid groups (broad SMARTS) is 1. The Kier molecular flexibility index (Phi) is 9.53. The van der Waals surface area contributed by atoms with Gasteiger partial charge in [-0.3, -0.25) is 4.98 Å². The van der Waals surface area contributed by atoms with Crippen LogP contribution in [0.25, 0.3) is 11.0 Å². The Bertz CT molecular complexity index is 1350. The third kappa shape index (κ3) is 8.23. The van der Waals surface area contributed by atoms with Gasteiger partial charge in [0.25, 0.3) is 0 Å². The van der Waals surface area contributed by atoms with Crippen molar-refractivity contribution in [2.24, 2.45) is 0 Å². The minimum absolute atomic E-state index is 0.320. The number of ether oxygens (including phenoxy) is 2. The number of aromatic nitrogens is 3. The second-order valence-corrected chi connectivity index (χ2v) is 11.5. The van der Waals surface area contributed by atoms with E-state index in [-0.39, 0.29) is 6.09 Å². The molecule has 1 fully saturated rings. The van der Waals surface area contributed by atoms with Crippen LogP contribution in [0, 0.1) is 0 Å². The van der Waals surface area contributed by atoms with Crippen LogP contribution in [0.5, 0.6) is 5.75 Å². The molecular formula is C29H42N7O5+. The summed E-state index contributed by atoms with van der Waals surface area (Å²) in [6, 6.07) is 5.77. The first kappa shape index (κ1) is 29.9. The topological polar surface area (TPSA) is 137 Å². The predicted octanol–water partition coefficient (Wildman–Crippen LogP) is 3.87. The van der Waals surface area contributed by atoms with Crippen molar-refractivity contribution in [1.29, 1.82) is 0 Å². The second kappa shape index (κ2) is 13.1. The Morgan fingerprint density at radius 3 is 2.66 bits per heavy atom. The average molecular weight is 569 g/mol. The van der Waals surface area contributed by atoms with Crippen molar-refractivity contribution in [3.05, 3.63) is 36.3 Å². The summed E-state index contributed by atoms with van der Waals surface area (Å²) < 4.78 is 11.1. The van der Waals surface area contributed by atoms with Gasteiger partial charge in [-0.25, -0.2) is 14.6 Å². The number of carboxylic acids is 1. The lowest BCUT2D eigenvalue weighted by Gasteiger charge is -2.25. The second-order valence-electron chi connectivity index (χ2n) is 11.5. The van der Waals surface area contributed by atoms with E-state index < -0.39 is 18.2 Å². The van der Waals surface area contributed by atoms with Gasteiger partial charge in [-0.2, -0.15) is 0 Å². The normalized spacial score (nSPS) is 13.6. The van der Waals surface area contributed by atoms with Crippen LogP contribution in [-0.4, -0.2) is 89.4 Å². The molecule has 1 aliphatic heterocycles. The minimum Gasteiger partial charge on any atom is -0.480 e. The van der Waals surface area contributed by atoms with Crippen LogP contribution in [0.2, 0.25) is 0 Å². The van der Waals surface area contributed by atoms with Gasteiger partial charge in [0.1, 0.15) is 16.7 Å². The lowest BCUT2D eigenvalue weighted by Crippen LogP contribution is -2.35. The standard InChI is InChI=1S/C29H41N7O5/c1-29(2,3)41-28(39)35(5)12-8-11-34(4)17-20-16-30-26-25(20)27(32-19-31-26)33-21-9-10-22(36-13-6-7-14-36)23(15-21)40-18-24(37)38/h9-10,15-16,19H,6-8,11-14,17-18H2,1-5H3,(H,37,38)(H2,30,31,32,33)/p+1. The predicted molar refractivity (Wildman–Crippen MR) is 157 cm³/mol. The summed E-state index contributed by atoms with van der Waals surface area (Å²) in [5.41, 5.74) is 3.03. The number of hydrogen-bond acceptors (Lipinski definition) is 8. The molecule has 1 amide bonds. The van der Waals surface area contributed by atoms with E-state index in [1.807, 2.05) is 52.2 Å². The highest BCUT2D eigenvalue weighted by molar-refractivity contribution is 5.90. The zero-order valence-corrected chi connectivity index (χ0v) is 24.6. The number of aliphatic carboxylic acids is 1. The molecule has 2 aromatic heterocycles. The van der Waals surface area contributed by atoms with Crippen LogP contribution in [-0.2, 0) is 16.1 Å². The first-order valence-electron chi connectivity index (χ1n) is 14.0. The molecule has 0 unspecified atom stereocenters. The Labute approximate surface area is 240 Å². The van der Waals surface area contributed by atoms with Gasteiger partial charge in [0.2, 0.25) is 17.8 Å². The molecule has 12 nitrogen and oxygen atoms in total. The fraction of sp³-hybridized carbons (Fsp3) is 0.517. The van der Waals surface area contributed by atoms with Gasteiger partial charge in [-0.1, -0.05) is 4.98 Å². The Hall–Kier alpha value is -4.06. The summed E-state index contributed by atoms with van der Waals surface area (Å²) >= 11 is 0.